The first-order valence-electron chi connectivity index (χ1n) is 12.8. The van der Waals surface area contributed by atoms with E-state index in [1.54, 1.807) is 32.9 Å². The highest BCUT2D eigenvalue weighted by Gasteiger charge is 2.39. The Morgan fingerprint density at radius 1 is 1.03 bits per heavy atom. The second kappa shape index (κ2) is 13.1. The van der Waals surface area contributed by atoms with Crippen LogP contribution in [0.5, 0.6) is 0 Å². The van der Waals surface area contributed by atoms with Gasteiger partial charge >= 0.3 is 6.09 Å². The van der Waals surface area contributed by atoms with Crippen molar-refractivity contribution in [2.75, 3.05) is 11.9 Å². The van der Waals surface area contributed by atoms with Crippen LogP contribution in [0.25, 0.3) is 0 Å². The zero-order chi connectivity index (χ0) is 28.8. The normalized spacial score (nSPS) is 13.7. The molecule has 0 saturated carbocycles. The van der Waals surface area contributed by atoms with E-state index in [0.29, 0.717) is 22.7 Å². The van der Waals surface area contributed by atoms with Gasteiger partial charge in [0.2, 0.25) is 5.91 Å². The molecular weight excluding hydrogens is 506 g/mol. The molecule has 0 aliphatic rings. The Labute approximate surface area is 230 Å². The maximum Gasteiger partial charge on any atom is 0.408 e. The van der Waals surface area contributed by atoms with E-state index < -0.39 is 48.2 Å². The molecule has 38 heavy (non-hydrogen) atoms. The lowest BCUT2D eigenvalue weighted by Gasteiger charge is -2.39. The second-order valence-corrected chi connectivity index (χ2v) is 10.9. The molecule has 0 aliphatic heterocycles. The van der Waals surface area contributed by atoms with Crippen molar-refractivity contribution in [3.8, 4) is 0 Å². The van der Waals surface area contributed by atoms with Crippen molar-refractivity contribution in [2.45, 2.75) is 85.5 Å². The van der Waals surface area contributed by atoms with Gasteiger partial charge in [0.05, 0.1) is 17.3 Å². The van der Waals surface area contributed by atoms with E-state index >= 15 is 0 Å². The van der Waals surface area contributed by atoms with Crippen molar-refractivity contribution in [2.24, 2.45) is 0 Å². The number of benzene rings is 2. The summed E-state index contributed by atoms with van der Waals surface area (Å²) in [7, 11) is 0. The molecule has 3 unspecified atom stereocenters. The monoisotopic (exact) mass is 545 g/mol. The van der Waals surface area contributed by atoms with Gasteiger partial charge in [-0.15, -0.1) is 0 Å². The number of carbonyl (C=O) groups is 3. The van der Waals surface area contributed by atoms with Crippen LogP contribution in [0.3, 0.4) is 0 Å². The molecule has 0 aliphatic carbocycles. The minimum atomic E-state index is -1.32. The first-order chi connectivity index (χ1) is 17.7. The Hall–Kier alpha value is -3.10. The summed E-state index contributed by atoms with van der Waals surface area (Å²) in [5.74, 6) is -1.06. The Balaban J connectivity index is 2.63. The number of para-hydroxylation sites is 1. The van der Waals surface area contributed by atoms with E-state index in [2.05, 4.69) is 10.6 Å². The van der Waals surface area contributed by atoms with Crippen LogP contribution in [0.15, 0.2) is 36.4 Å². The molecule has 0 bridgehead atoms. The van der Waals surface area contributed by atoms with Gasteiger partial charge in [0, 0.05) is 6.04 Å². The summed E-state index contributed by atoms with van der Waals surface area (Å²) in [6, 6.07) is 8.15. The van der Waals surface area contributed by atoms with E-state index in [1.807, 2.05) is 58.9 Å². The van der Waals surface area contributed by atoms with E-state index in [0.717, 1.165) is 16.7 Å². The molecule has 2 aromatic rings. The topological polar surface area (TPSA) is 108 Å². The third-order valence-corrected chi connectivity index (χ3v) is 6.62. The van der Waals surface area contributed by atoms with Crippen molar-refractivity contribution >= 4 is 35.2 Å². The molecule has 0 aromatic heterocycles. The number of carbonyl (C=O) groups excluding carboxylic acids is 3. The predicted molar refractivity (Wildman–Crippen MR) is 150 cm³/mol. The molecule has 0 fully saturated rings. The van der Waals surface area contributed by atoms with Crippen LogP contribution < -0.4 is 10.6 Å². The summed E-state index contributed by atoms with van der Waals surface area (Å²) in [5, 5.41) is 15.9. The van der Waals surface area contributed by atoms with E-state index in [4.69, 9.17) is 16.3 Å². The van der Waals surface area contributed by atoms with Crippen LogP contribution in [0.2, 0.25) is 5.02 Å². The van der Waals surface area contributed by atoms with E-state index in [9.17, 15) is 19.5 Å². The summed E-state index contributed by atoms with van der Waals surface area (Å²) < 4.78 is 5.30. The van der Waals surface area contributed by atoms with Crippen LogP contribution in [0, 0.1) is 20.8 Å². The summed E-state index contributed by atoms with van der Waals surface area (Å²) in [4.78, 5) is 42.0. The van der Waals surface area contributed by atoms with Gasteiger partial charge in [-0.2, -0.15) is 0 Å². The number of rotatable bonds is 9. The van der Waals surface area contributed by atoms with E-state index in [1.165, 1.54) is 4.90 Å². The third-order valence-electron chi connectivity index (χ3n) is 6.30. The van der Waals surface area contributed by atoms with Crippen LogP contribution in [0.4, 0.5) is 10.5 Å². The maximum absolute atomic E-state index is 14.1. The number of ether oxygens (including phenoxy) is 1. The number of aryl methyl sites for hydroxylation is 3. The molecule has 2 aromatic carbocycles. The summed E-state index contributed by atoms with van der Waals surface area (Å²) in [6.45, 7) is 13.8. The number of halogens is 1. The minimum Gasteiger partial charge on any atom is -0.444 e. The highest BCUT2D eigenvalue weighted by molar-refractivity contribution is 6.34. The van der Waals surface area contributed by atoms with Crippen LogP contribution in [-0.4, -0.2) is 52.2 Å². The molecule has 9 heteroatoms. The highest BCUT2D eigenvalue weighted by atomic mass is 35.5. The lowest BCUT2D eigenvalue weighted by atomic mass is 9.92. The maximum atomic E-state index is 14.1. The molecule has 0 saturated heterocycles. The van der Waals surface area contributed by atoms with Gasteiger partial charge in [0.25, 0.3) is 5.91 Å². The van der Waals surface area contributed by atoms with Crippen molar-refractivity contribution in [1.82, 2.24) is 10.2 Å². The number of nitrogens with one attached hydrogen (secondary N) is 2. The molecule has 3 amide bonds. The molecule has 3 N–H and O–H groups in total. The molecule has 3 atom stereocenters. The Morgan fingerprint density at radius 2 is 1.58 bits per heavy atom. The molecule has 0 heterocycles. The number of aliphatic hydroxyl groups excluding tert-OH is 1. The van der Waals surface area contributed by atoms with Gasteiger partial charge < -0.3 is 25.4 Å². The number of anilines is 1. The molecule has 208 valence electrons. The number of nitrogens with zero attached hydrogens (tertiary/aromatic N) is 1. The molecule has 8 nitrogen and oxygen atoms in total. The van der Waals surface area contributed by atoms with E-state index in [-0.39, 0.29) is 0 Å². The van der Waals surface area contributed by atoms with Crippen LogP contribution in [0.1, 0.15) is 69.3 Å². The van der Waals surface area contributed by atoms with Gasteiger partial charge in [0.1, 0.15) is 17.7 Å². The van der Waals surface area contributed by atoms with Crippen LogP contribution >= 0.6 is 11.6 Å². The van der Waals surface area contributed by atoms with Gasteiger partial charge in [-0.05, 0) is 83.2 Å². The highest BCUT2D eigenvalue weighted by Crippen LogP contribution is 2.33. The molecule has 2 rings (SSSR count). The molecule has 0 spiro atoms. The quantitative estimate of drug-likeness (QED) is 0.388. The second-order valence-electron chi connectivity index (χ2n) is 10.5. The lowest BCUT2D eigenvalue weighted by molar-refractivity contribution is -0.144. The number of aliphatic hydroxyl groups is 1. The lowest BCUT2D eigenvalue weighted by Crippen LogP contribution is -2.56. The third kappa shape index (κ3) is 7.71. The van der Waals surface area contributed by atoms with Crippen molar-refractivity contribution in [3.05, 3.63) is 63.7 Å². The number of hydrogen-bond acceptors (Lipinski definition) is 5. The average molecular weight is 546 g/mol. The first-order valence-corrected chi connectivity index (χ1v) is 13.1. The molecule has 0 radical (unpaired) electrons. The Bertz CT molecular complexity index is 1120. The smallest absolute Gasteiger partial charge is 0.408 e. The largest absolute Gasteiger partial charge is 0.444 e. The van der Waals surface area contributed by atoms with Gasteiger partial charge in [-0.1, -0.05) is 48.9 Å². The van der Waals surface area contributed by atoms with Crippen molar-refractivity contribution in [3.63, 3.8) is 0 Å². The summed E-state index contributed by atoms with van der Waals surface area (Å²) in [5.41, 5.74) is 2.74. The Kier molecular flexibility index (Phi) is 10.7. The Morgan fingerprint density at radius 3 is 2.08 bits per heavy atom. The summed E-state index contributed by atoms with van der Waals surface area (Å²) in [6.07, 6.45) is -0.315. The summed E-state index contributed by atoms with van der Waals surface area (Å²) >= 11 is 6.41. The number of amides is 3. The number of alkyl carbamates (subject to hydrolysis) is 1. The first kappa shape index (κ1) is 31.1. The SMILES string of the molecule is CCC(C)N(C(=O)C(CO)NC(=O)OC(C)(C)C)C(C(=O)Nc1c(C)cccc1Cl)c1c(C)cccc1C. The van der Waals surface area contributed by atoms with Gasteiger partial charge in [-0.3, -0.25) is 9.59 Å². The van der Waals surface area contributed by atoms with Crippen molar-refractivity contribution in [1.29, 1.82) is 0 Å². The van der Waals surface area contributed by atoms with Gasteiger partial charge in [0.15, 0.2) is 0 Å². The predicted octanol–water partition coefficient (Wildman–Crippen LogP) is 5.46. The van der Waals surface area contributed by atoms with Crippen LogP contribution in [-0.2, 0) is 14.3 Å². The number of hydrogen-bond donors (Lipinski definition) is 3. The zero-order valence-corrected chi connectivity index (χ0v) is 24.3. The fraction of sp³-hybridized carbons (Fsp3) is 0.483. The fourth-order valence-corrected chi connectivity index (χ4v) is 4.52. The average Bonchev–Trinajstić information content (AvgIpc) is 2.82. The molecular formula is C29H40ClN3O5. The minimum absolute atomic E-state index is 0.375. The zero-order valence-electron chi connectivity index (χ0n) is 23.5. The fourth-order valence-electron chi connectivity index (χ4n) is 4.25. The van der Waals surface area contributed by atoms with Crippen molar-refractivity contribution < 1.29 is 24.2 Å². The standard InChI is InChI=1S/C29H40ClN3O5/c1-9-20(5)33(27(36)22(16-34)31-28(37)38-29(6,7)8)25(23-17(2)12-10-13-18(23)3)26(35)32-24-19(4)14-11-15-21(24)30/h10-15,20,22,25,34H,9,16H2,1-8H3,(H,31,37)(H,32,35). The van der Waals surface area contributed by atoms with Gasteiger partial charge in [-0.25, -0.2) is 4.79 Å².